The van der Waals surface area contributed by atoms with Gasteiger partial charge in [-0.15, -0.1) is 0 Å². The fourth-order valence-corrected chi connectivity index (χ4v) is 4.83. The van der Waals surface area contributed by atoms with E-state index < -0.39 is 10.0 Å². The summed E-state index contributed by atoms with van der Waals surface area (Å²) in [6, 6.07) is 10.6. The summed E-state index contributed by atoms with van der Waals surface area (Å²) in [5.41, 5.74) is 0.680. The van der Waals surface area contributed by atoms with Gasteiger partial charge in [-0.2, -0.15) is 0 Å². The molecule has 5 nitrogen and oxygen atoms in total. The fraction of sp³-hybridized carbons (Fsp3) is 0.350. The number of piperidine rings is 1. The van der Waals surface area contributed by atoms with E-state index >= 15 is 0 Å². The Labute approximate surface area is 175 Å². The first-order chi connectivity index (χ1) is 13.2. The maximum atomic E-state index is 13.0. The van der Waals surface area contributed by atoms with E-state index in [0.29, 0.717) is 40.3 Å². The van der Waals surface area contributed by atoms with Gasteiger partial charge in [0, 0.05) is 25.2 Å². The summed E-state index contributed by atoms with van der Waals surface area (Å²) in [5, 5.41) is 0.765. The highest BCUT2D eigenvalue weighted by Gasteiger charge is 2.26. The molecule has 2 aromatic carbocycles. The smallest absolute Gasteiger partial charge is 0.264 e. The molecule has 2 aromatic rings. The highest BCUT2D eigenvalue weighted by atomic mass is 35.5. The molecule has 1 heterocycles. The molecule has 0 aliphatic carbocycles. The Bertz CT molecular complexity index is 977. The quantitative estimate of drug-likeness (QED) is 0.692. The standard InChI is InChI=1S/C20H22Cl2N2O3S/c1-14-4-3-11-24(13-14)20(25)18-12-16(7-10-19(18)22)23(2)28(26,27)17-8-5-15(21)6-9-17/h5-10,12,14H,3-4,11,13H2,1-2H3. The van der Waals surface area contributed by atoms with Gasteiger partial charge < -0.3 is 4.90 Å². The Kier molecular flexibility index (Phi) is 6.22. The Hall–Kier alpha value is -1.76. The number of nitrogens with zero attached hydrogens (tertiary/aromatic N) is 2. The topological polar surface area (TPSA) is 57.7 Å². The van der Waals surface area contributed by atoms with Crippen molar-refractivity contribution in [1.82, 2.24) is 4.90 Å². The van der Waals surface area contributed by atoms with E-state index in [1.54, 1.807) is 17.0 Å². The van der Waals surface area contributed by atoms with Gasteiger partial charge in [0.2, 0.25) is 0 Å². The number of carbonyl (C=O) groups excluding carboxylic acids is 1. The van der Waals surface area contributed by atoms with Crippen LogP contribution >= 0.6 is 23.2 Å². The molecule has 0 bridgehead atoms. The molecule has 1 amide bonds. The molecule has 0 saturated carbocycles. The van der Waals surface area contributed by atoms with E-state index in [1.165, 1.54) is 37.4 Å². The number of amides is 1. The summed E-state index contributed by atoms with van der Waals surface area (Å²) < 4.78 is 27.0. The summed E-state index contributed by atoms with van der Waals surface area (Å²) >= 11 is 12.1. The average Bonchev–Trinajstić information content (AvgIpc) is 2.67. The van der Waals surface area contributed by atoms with E-state index in [9.17, 15) is 13.2 Å². The lowest BCUT2D eigenvalue weighted by atomic mass is 9.99. The molecule has 0 spiro atoms. The van der Waals surface area contributed by atoms with Crippen molar-refractivity contribution >= 4 is 44.8 Å². The van der Waals surface area contributed by atoms with Crippen LogP contribution < -0.4 is 4.31 Å². The van der Waals surface area contributed by atoms with Crippen LogP contribution in [0.2, 0.25) is 10.0 Å². The number of sulfonamides is 1. The van der Waals surface area contributed by atoms with Crippen LogP contribution in [0.15, 0.2) is 47.4 Å². The second-order valence-electron chi connectivity index (χ2n) is 7.09. The van der Waals surface area contributed by atoms with Gasteiger partial charge in [0.25, 0.3) is 15.9 Å². The predicted octanol–water partition coefficient (Wildman–Crippen LogP) is 4.69. The fourth-order valence-electron chi connectivity index (χ4n) is 3.32. The number of anilines is 1. The molecule has 0 radical (unpaired) electrons. The van der Waals surface area contributed by atoms with Crippen LogP contribution in [0.3, 0.4) is 0 Å². The Morgan fingerprint density at radius 3 is 2.46 bits per heavy atom. The highest BCUT2D eigenvalue weighted by molar-refractivity contribution is 7.92. The molecule has 0 aromatic heterocycles. The number of rotatable bonds is 4. The third-order valence-electron chi connectivity index (χ3n) is 4.96. The highest BCUT2D eigenvalue weighted by Crippen LogP contribution is 2.29. The first kappa shape index (κ1) is 21.0. The van der Waals surface area contributed by atoms with Gasteiger partial charge in [0.15, 0.2) is 0 Å². The summed E-state index contributed by atoms with van der Waals surface area (Å²) in [6.45, 7) is 3.48. The number of halogens is 2. The first-order valence-corrected chi connectivity index (χ1v) is 11.2. The molecular weight excluding hydrogens is 419 g/mol. The second-order valence-corrected chi connectivity index (χ2v) is 9.90. The molecule has 150 valence electrons. The molecular formula is C20H22Cl2N2O3S. The monoisotopic (exact) mass is 440 g/mol. The summed E-state index contributed by atoms with van der Waals surface area (Å²) in [6.07, 6.45) is 2.05. The summed E-state index contributed by atoms with van der Waals surface area (Å²) in [5.74, 6) is 0.267. The van der Waals surface area contributed by atoms with Crippen molar-refractivity contribution in [3.05, 3.63) is 58.1 Å². The van der Waals surface area contributed by atoms with E-state index in [1.807, 2.05) is 0 Å². The minimum atomic E-state index is -3.79. The molecule has 1 aliphatic heterocycles. The number of benzene rings is 2. The van der Waals surface area contributed by atoms with Crippen LogP contribution in [0, 0.1) is 5.92 Å². The first-order valence-electron chi connectivity index (χ1n) is 9.03. The van der Waals surface area contributed by atoms with Gasteiger partial charge in [0.1, 0.15) is 0 Å². The Morgan fingerprint density at radius 1 is 1.14 bits per heavy atom. The lowest BCUT2D eigenvalue weighted by Crippen LogP contribution is -2.39. The number of likely N-dealkylation sites (tertiary alicyclic amines) is 1. The van der Waals surface area contributed by atoms with Crippen LogP contribution in [0.1, 0.15) is 30.1 Å². The van der Waals surface area contributed by atoms with Gasteiger partial charge in [-0.1, -0.05) is 30.1 Å². The molecule has 1 unspecified atom stereocenters. The zero-order chi connectivity index (χ0) is 20.5. The average molecular weight is 441 g/mol. The number of hydrogen-bond donors (Lipinski definition) is 0. The van der Waals surface area contributed by atoms with E-state index in [0.717, 1.165) is 17.1 Å². The third kappa shape index (κ3) is 4.29. The van der Waals surface area contributed by atoms with Crippen molar-refractivity contribution in [3.63, 3.8) is 0 Å². The van der Waals surface area contributed by atoms with Crippen molar-refractivity contribution in [1.29, 1.82) is 0 Å². The molecule has 1 atom stereocenters. The minimum Gasteiger partial charge on any atom is -0.338 e. The zero-order valence-electron chi connectivity index (χ0n) is 15.7. The Morgan fingerprint density at radius 2 is 1.82 bits per heavy atom. The molecule has 28 heavy (non-hydrogen) atoms. The largest absolute Gasteiger partial charge is 0.338 e. The maximum Gasteiger partial charge on any atom is 0.264 e. The Balaban J connectivity index is 1.92. The third-order valence-corrected chi connectivity index (χ3v) is 7.34. The molecule has 1 aliphatic rings. The maximum absolute atomic E-state index is 13.0. The second kappa shape index (κ2) is 8.31. The molecule has 1 fully saturated rings. The van der Waals surface area contributed by atoms with Crippen LogP contribution in [-0.2, 0) is 10.0 Å². The molecule has 0 N–H and O–H groups in total. The van der Waals surface area contributed by atoms with Crippen LogP contribution in [0.25, 0.3) is 0 Å². The SMILES string of the molecule is CC1CCCN(C(=O)c2cc(N(C)S(=O)(=O)c3ccc(Cl)cc3)ccc2Cl)C1. The summed E-state index contributed by atoms with van der Waals surface area (Å²) in [7, 11) is -2.34. The lowest BCUT2D eigenvalue weighted by molar-refractivity contribution is 0.0683. The van der Waals surface area contributed by atoms with Gasteiger partial charge in [-0.05, 0) is 61.2 Å². The number of carbonyl (C=O) groups is 1. The van der Waals surface area contributed by atoms with Crippen molar-refractivity contribution < 1.29 is 13.2 Å². The molecule has 3 rings (SSSR count). The molecule has 8 heteroatoms. The number of hydrogen-bond acceptors (Lipinski definition) is 3. The van der Waals surface area contributed by atoms with Crippen LogP contribution in [0.4, 0.5) is 5.69 Å². The normalized spacial score (nSPS) is 17.4. The summed E-state index contributed by atoms with van der Waals surface area (Å²) in [4.78, 5) is 14.9. The van der Waals surface area contributed by atoms with Gasteiger partial charge >= 0.3 is 0 Å². The van der Waals surface area contributed by atoms with Gasteiger partial charge in [-0.25, -0.2) is 8.42 Å². The zero-order valence-corrected chi connectivity index (χ0v) is 18.1. The van der Waals surface area contributed by atoms with Gasteiger partial charge in [0.05, 0.1) is 21.2 Å². The van der Waals surface area contributed by atoms with Crippen molar-refractivity contribution in [2.45, 2.75) is 24.7 Å². The van der Waals surface area contributed by atoms with Crippen LogP contribution in [-0.4, -0.2) is 39.4 Å². The minimum absolute atomic E-state index is 0.118. The lowest BCUT2D eigenvalue weighted by Gasteiger charge is -2.31. The van der Waals surface area contributed by atoms with Crippen molar-refractivity contribution in [2.75, 3.05) is 24.4 Å². The van der Waals surface area contributed by atoms with E-state index in [4.69, 9.17) is 23.2 Å². The van der Waals surface area contributed by atoms with Gasteiger partial charge in [-0.3, -0.25) is 9.10 Å². The van der Waals surface area contributed by atoms with Crippen LogP contribution in [0.5, 0.6) is 0 Å². The van der Waals surface area contributed by atoms with E-state index in [2.05, 4.69) is 6.92 Å². The van der Waals surface area contributed by atoms with Crippen molar-refractivity contribution in [2.24, 2.45) is 5.92 Å². The van der Waals surface area contributed by atoms with Crippen molar-refractivity contribution in [3.8, 4) is 0 Å². The molecule has 1 saturated heterocycles. The predicted molar refractivity (Wildman–Crippen MR) is 113 cm³/mol. The van der Waals surface area contributed by atoms with E-state index in [-0.39, 0.29) is 10.8 Å².